The van der Waals surface area contributed by atoms with Crippen LogP contribution in [0.3, 0.4) is 0 Å². The van der Waals surface area contributed by atoms with Gasteiger partial charge < -0.3 is 20.1 Å². The Labute approximate surface area is 132 Å². The van der Waals surface area contributed by atoms with Gasteiger partial charge in [0.2, 0.25) is 0 Å². The Kier molecular flexibility index (Phi) is 6.81. The zero-order chi connectivity index (χ0) is 15.8. The van der Waals surface area contributed by atoms with Crippen LogP contribution >= 0.6 is 0 Å². The van der Waals surface area contributed by atoms with E-state index in [9.17, 15) is 5.11 Å². The number of nitrogens with zero attached hydrogens (tertiary/aromatic N) is 2. The Morgan fingerprint density at radius 1 is 1.36 bits per heavy atom. The van der Waals surface area contributed by atoms with Crippen molar-refractivity contribution in [3.63, 3.8) is 0 Å². The maximum absolute atomic E-state index is 9.76. The van der Waals surface area contributed by atoms with Crippen molar-refractivity contribution in [2.75, 3.05) is 33.4 Å². The molecule has 0 bridgehead atoms. The van der Waals surface area contributed by atoms with Gasteiger partial charge in [0.25, 0.3) is 0 Å². The summed E-state index contributed by atoms with van der Waals surface area (Å²) in [7, 11) is 1.61. The molecule has 0 radical (unpaired) electrons. The third kappa shape index (κ3) is 5.39. The molecular weight excluding hydrogens is 278 g/mol. The molecule has 22 heavy (non-hydrogen) atoms. The average Bonchev–Trinajstić information content (AvgIpc) is 2.55. The number of likely N-dealkylation sites (tertiary alicyclic amines) is 1. The lowest BCUT2D eigenvalue weighted by Gasteiger charge is -2.33. The first-order valence-corrected chi connectivity index (χ1v) is 7.83. The third-order valence-electron chi connectivity index (χ3n) is 4.09. The van der Waals surface area contributed by atoms with Crippen LogP contribution in [0.4, 0.5) is 0 Å². The number of hydrogen-bond acceptors (Lipinski definition) is 5. The lowest BCUT2D eigenvalue weighted by Crippen LogP contribution is -2.45. The molecule has 1 aromatic rings. The third-order valence-corrected chi connectivity index (χ3v) is 4.09. The largest absolute Gasteiger partial charge is 0.389 e. The molecule has 5 nitrogen and oxygen atoms in total. The number of rotatable bonds is 7. The quantitative estimate of drug-likeness (QED) is 0.790. The zero-order valence-electron chi connectivity index (χ0n) is 13.2. The molecule has 2 rings (SSSR count). The molecule has 0 amide bonds. The molecule has 120 valence electrons. The van der Waals surface area contributed by atoms with Crippen LogP contribution in [-0.4, -0.2) is 55.5 Å². The highest BCUT2D eigenvalue weighted by atomic mass is 16.5. The lowest BCUT2D eigenvalue weighted by molar-refractivity contribution is 0.0310. The second kappa shape index (κ2) is 8.86. The molecule has 0 saturated carbocycles. The van der Waals surface area contributed by atoms with Crippen molar-refractivity contribution in [3.8, 4) is 6.07 Å². The number of piperidine rings is 1. The molecule has 1 atom stereocenters. The average molecular weight is 303 g/mol. The Balaban J connectivity index is 1.67. The van der Waals surface area contributed by atoms with Gasteiger partial charge in [0.15, 0.2) is 0 Å². The topological polar surface area (TPSA) is 68.5 Å². The minimum atomic E-state index is -0.395. The van der Waals surface area contributed by atoms with Gasteiger partial charge >= 0.3 is 0 Å². The standard InChI is InChI=1S/C17H25N3O2/c1-22-13-17(21)12-20-8-6-16(7-9-20)19-11-15-4-2-14(10-18)3-5-15/h2-5,16-17,19,21H,6-9,11-13H2,1H3. The number of aliphatic hydroxyl groups excluding tert-OH is 1. The van der Waals surface area contributed by atoms with E-state index in [-0.39, 0.29) is 0 Å². The predicted molar refractivity (Wildman–Crippen MR) is 85.3 cm³/mol. The van der Waals surface area contributed by atoms with Gasteiger partial charge in [0.1, 0.15) is 0 Å². The summed E-state index contributed by atoms with van der Waals surface area (Å²) in [5.41, 5.74) is 1.91. The van der Waals surface area contributed by atoms with Crippen LogP contribution < -0.4 is 5.32 Å². The van der Waals surface area contributed by atoms with E-state index in [1.165, 1.54) is 5.56 Å². The molecule has 1 unspecified atom stereocenters. The van der Waals surface area contributed by atoms with Gasteiger partial charge in [0.05, 0.1) is 24.3 Å². The number of ether oxygens (including phenoxy) is 1. The van der Waals surface area contributed by atoms with Crippen molar-refractivity contribution in [2.45, 2.75) is 31.5 Å². The first kappa shape index (κ1) is 16.9. The smallest absolute Gasteiger partial charge is 0.0991 e. The lowest BCUT2D eigenvalue weighted by atomic mass is 10.0. The van der Waals surface area contributed by atoms with Crippen molar-refractivity contribution in [3.05, 3.63) is 35.4 Å². The molecule has 0 aliphatic carbocycles. The number of β-amino-alcohol motifs (C(OH)–C–C–N with tert-alkyl or cyclic N) is 1. The zero-order valence-corrected chi connectivity index (χ0v) is 13.2. The summed E-state index contributed by atoms with van der Waals surface area (Å²) in [4.78, 5) is 2.30. The predicted octanol–water partition coefficient (Wildman–Crippen LogP) is 1.12. The van der Waals surface area contributed by atoms with Gasteiger partial charge in [-0.25, -0.2) is 0 Å². The highest BCUT2D eigenvalue weighted by Gasteiger charge is 2.20. The summed E-state index contributed by atoms with van der Waals surface area (Å²) >= 11 is 0. The van der Waals surface area contributed by atoms with Crippen LogP contribution in [-0.2, 0) is 11.3 Å². The molecule has 1 fully saturated rings. The summed E-state index contributed by atoms with van der Waals surface area (Å²) in [5.74, 6) is 0. The highest BCUT2D eigenvalue weighted by Crippen LogP contribution is 2.12. The van der Waals surface area contributed by atoms with Crippen LogP contribution in [0.25, 0.3) is 0 Å². The molecule has 2 N–H and O–H groups in total. The number of hydrogen-bond donors (Lipinski definition) is 2. The van der Waals surface area contributed by atoms with Gasteiger partial charge in [-0.2, -0.15) is 5.26 Å². The first-order valence-electron chi connectivity index (χ1n) is 7.83. The fraction of sp³-hybridized carbons (Fsp3) is 0.588. The molecule has 1 aromatic carbocycles. The Morgan fingerprint density at radius 2 is 2.05 bits per heavy atom. The van der Waals surface area contributed by atoms with Crippen LogP contribution in [0.2, 0.25) is 0 Å². The van der Waals surface area contributed by atoms with Gasteiger partial charge in [0, 0.05) is 26.2 Å². The number of nitriles is 1. The van der Waals surface area contributed by atoms with E-state index in [1.807, 2.05) is 24.3 Å². The van der Waals surface area contributed by atoms with Crippen molar-refractivity contribution >= 4 is 0 Å². The van der Waals surface area contributed by atoms with Gasteiger partial charge in [-0.15, -0.1) is 0 Å². The van der Waals surface area contributed by atoms with Crippen LogP contribution in [0, 0.1) is 11.3 Å². The minimum absolute atomic E-state index is 0.395. The van der Waals surface area contributed by atoms with E-state index in [2.05, 4.69) is 16.3 Å². The van der Waals surface area contributed by atoms with Crippen molar-refractivity contribution in [1.29, 1.82) is 5.26 Å². The van der Waals surface area contributed by atoms with Crippen LogP contribution in [0.5, 0.6) is 0 Å². The first-order chi connectivity index (χ1) is 10.7. The number of nitrogens with one attached hydrogen (secondary N) is 1. The molecule has 0 aromatic heterocycles. The van der Waals surface area contributed by atoms with E-state index < -0.39 is 6.10 Å². The van der Waals surface area contributed by atoms with Crippen LogP contribution in [0.1, 0.15) is 24.0 Å². The van der Waals surface area contributed by atoms with Crippen molar-refractivity contribution in [2.24, 2.45) is 0 Å². The molecule has 5 heteroatoms. The highest BCUT2D eigenvalue weighted by molar-refractivity contribution is 5.31. The maximum atomic E-state index is 9.76. The van der Waals surface area contributed by atoms with Crippen LogP contribution in [0.15, 0.2) is 24.3 Å². The summed E-state index contributed by atoms with van der Waals surface area (Å²) in [6, 6.07) is 10.4. The van der Waals surface area contributed by atoms with Gasteiger partial charge in [-0.05, 0) is 43.6 Å². The van der Waals surface area contributed by atoms with Gasteiger partial charge in [-0.1, -0.05) is 12.1 Å². The Bertz CT molecular complexity index is 476. The van der Waals surface area contributed by atoms with Crippen molar-refractivity contribution in [1.82, 2.24) is 10.2 Å². The monoisotopic (exact) mass is 303 g/mol. The van der Waals surface area contributed by atoms with E-state index in [0.717, 1.165) is 32.5 Å². The molecular formula is C17H25N3O2. The van der Waals surface area contributed by atoms with Gasteiger partial charge in [-0.3, -0.25) is 0 Å². The van der Waals surface area contributed by atoms with E-state index in [0.29, 0.717) is 24.8 Å². The molecule has 0 spiro atoms. The number of methoxy groups -OCH3 is 1. The maximum Gasteiger partial charge on any atom is 0.0991 e. The summed E-state index contributed by atoms with van der Waals surface area (Å²) in [6.07, 6.45) is 1.79. The normalized spacial score (nSPS) is 18.0. The summed E-state index contributed by atoms with van der Waals surface area (Å²) in [6.45, 7) is 3.94. The fourth-order valence-electron chi connectivity index (χ4n) is 2.82. The van der Waals surface area contributed by atoms with Crippen molar-refractivity contribution < 1.29 is 9.84 Å². The molecule has 1 heterocycles. The second-order valence-electron chi connectivity index (χ2n) is 5.87. The fourth-order valence-corrected chi connectivity index (χ4v) is 2.82. The molecule has 1 aliphatic heterocycles. The van der Waals surface area contributed by atoms with E-state index in [4.69, 9.17) is 10.00 Å². The Morgan fingerprint density at radius 3 is 2.64 bits per heavy atom. The van der Waals surface area contributed by atoms with E-state index in [1.54, 1.807) is 7.11 Å². The minimum Gasteiger partial charge on any atom is -0.389 e. The summed E-state index contributed by atoms with van der Waals surface area (Å²) < 4.78 is 4.96. The molecule has 1 aliphatic rings. The number of benzene rings is 1. The molecule has 1 saturated heterocycles. The SMILES string of the molecule is COCC(O)CN1CCC(NCc2ccc(C#N)cc2)CC1. The van der Waals surface area contributed by atoms with E-state index >= 15 is 0 Å². The number of aliphatic hydroxyl groups is 1. The second-order valence-corrected chi connectivity index (χ2v) is 5.87. The Hall–Kier alpha value is -1.45. The summed E-state index contributed by atoms with van der Waals surface area (Å²) in [5, 5.41) is 22.1.